The van der Waals surface area contributed by atoms with Crippen LogP contribution in [0.4, 0.5) is 0 Å². The van der Waals surface area contributed by atoms with Crippen molar-refractivity contribution in [3.8, 4) is 5.75 Å². The molecule has 0 radical (unpaired) electrons. The maximum absolute atomic E-state index is 11.8. The van der Waals surface area contributed by atoms with Crippen molar-refractivity contribution in [2.45, 2.75) is 20.3 Å². The summed E-state index contributed by atoms with van der Waals surface area (Å²) in [7, 11) is 0. The van der Waals surface area contributed by atoms with Crippen LogP contribution in [0.3, 0.4) is 0 Å². The van der Waals surface area contributed by atoms with Crippen LogP contribution in [0, 0.1) is 13.8 Å². The van der Waals surface area contributed by atoms with Crippen LogP contribution in [-0.4, -0.2) is 31.5 Å². The molecular weight excluding hydrogens is 316 g/mol. The number of rotatable bonds is 8. The molecule has 0 spiro atoms. The van der Waals surface area contributed by atoms with E-state index in [4.69, 9.17) is 4.74 Å². The molecule has 2 rings (SSSR count). The van der Waals surface area contributed by atoms with Gasteiger partial charge in [0.15, 0.2) is 6.61 Å². The molecule has 0 saturated heterocycles. The monoisotopic (exact) mass is 340 g/mol. The third-order valence-corrected chi connectivity index (χ3v) is 3.67. The smallest absolute Gasteiger partial charge is 0.258 e. The van der Waals surface area contributed by atoms with E-state index in [-0.39, 0.29) is 18.4 Å². The first-order valence-electron chi connectivity index (χ1n) is 8.32. The molecule has 0 aliphatic carbocycles. The second-order valence-electron chi connectivity index (χ2n) is 5.92. The highest BCUT2D eigenvalue weighted by atomic mass is 16.5. The molecule has 2 aromatic rings. The molecule has 2 amide bonds. The van der Waals surface area contributed by atoms with Crippen LogP contribution >= 0.6 is 0 Å². The number of benzene rings is 2. The zero-order valence-electron chi connectivity index (χ0n) is 14.7. The maximum atomic E-state index is 11.8. The fourth-order valence-electron chi connectivity index (χ4n) is 2.40. The number of aryl methyl sites for hydroxylation is 2. The van der Waals surface area contributed by atoms with Gasteiger partial charge in [-0.1, -0.05) is 48.0 Å². The summed E-state index contributed by atoms with van der Waals surface area (Å²) < 4.78 is 5.51. The van der Waals surface area contributed by atoms with Crippen LogP contribution in [0.25, 0.3) is 0 Å². The van der Waals surface area contributed by atoms with Crippen molar-refractivity contribution < 1.29 is 14.3 Å². The summed E-state index contributed by atoms with van der Waals surface area (Å²) >= 11 is 0. The first-order valence-corrected chi connectivity index (χ1v) is 8.32. The molecule has 2 N–H and O–H groups in total. The van der Waals surface area contributed by atoms with E-state index in [1.807, 2.05) is 62.4 Å². The Labute approximate surface area is 148 Å². The van der Waals surface area contributed by atoms with E-state index in [0.29, 0.717) is 25.3 Å². The predicted octanol–water partition coefficient (Wildman–Crippen LogP) is 2.16. The Morgan fingerprint density at radius 2 is 1.60 bits per heavy atom. The lowest BCUT2D eigenvalue weighted by Crippen LogP contribution is -2.37. The van der Waals surface area contributed by atoms with Crippen molar-refractivity contribution in [3.05, 3.63) is 65.2 Å². The van der Waals surface area contributed by atoms with E-state index in [9.17, 15) is 9.59 Å². The van der Waals surface area contributed by atoms with Crippen molar-refractivity contribution in [1.29, 1.82) is 0 Å². The largest absolute Gasteiger partial charge is 0.484 e. The summed E-state index contributed by atoms with van der Waals surface area (Å²) in [4.78, 5) is 23.6. The van der Waals surface area contributed by atoms with Gasteiger partial charge in [0.05, 0.1) is 6.42 Å². The highest BCUT2D eigenvalue weighted by Crippen LogP contribution is 2.18. The van der Waals surface area contributed by atoms with E-state index >= 15 is 0 Å². The Morgan fingerprint density at radius 3 is 2.28 bits per heavy atom. The van der Waals surface area contributed by atoms with E-state index in [2.05, 4.69) is 10.6 Å². The van der Waals surface area contributed by atoms with Crippen LogP contribution in [0.15, 0.2) is 48.5 Å². The van der Waals surface area contributed by atoms with Crippen LogP contribution in [-0.2, 0) is 16.0 Å². The van der Waals surface area contributed by atoms with Gasteiger partial charge in [-0.15, -0.1) is 0 Å². The molecule has 0 fully saturated rings. The highest BCUT2D eigenvalue weighted by molar-refractivity contribution is 5.79. The zero-order chi connectivity index (χ0) is 18.1. The normalized spacial score (nSPS) is 10.2. The molecule has 0 aromatic heterocycles. The molecule has 0 aliphatic rings. The summed E-state index contributed by atoms with van der Waals surface area (Å²) in [5.41, 5.74) is 3.12. The third kappa shape index (κ3) is 6.67. The summed E-state index contributed by atoms with van der Waals surface area (Å²) in [6.45, 7) is 4.68. The average molecular weight is 340 g/mol. The summed E-state index contributed by atoms with van der Waals surface area (Å²) in [6.07, 6.45) is 0.338. The topological polar surface area (TPSA) is 67.4 Å². The van der Waals surface area contributed by atoms with Crippen LogP contribution in [0.5, 0.6) is 5.75 Å². The fourth-order valence-corrected chi connectivity index (χ4v) is 2.40. The fraction of sp³-hybridized carbons (Fsp3) is 0.300. The molecular formula is C20H24N2O3. The van der Waals surface area contributed by atoms with Gasteiger partial charge in [0.1, 0.15) is 5.75 Å². The number of carbonyl (C=O) groups excluding carboxylic acids is 2. The van der Waals surface area contributed by atoms with E-state index in [1.165, 1.54) is 0 Å². The molecule has 0 heterocycles. The minimum Gasteiger partial charge on any atom is -0.484 e. The second kappa shape index (κ2) is 9.47. The molecule has 0 unspecified atom stereocenters. The van der Waals surface area contributed by atoms with Gasteiger partial charge in [-0.2, -0.15) is 0 Å². The lowest BCUT2D eigenvalue weighted by molar-refractivity contribution is -0.124. The van der Waals surface area contributed by atoms with Gasteiger partial charge in [0.25, 0.3) is 5.91 Å². The first-order chi connectivity index (χ1) is 12.0. The van der Waals surface area contributed by atoms with Gasteiger partial charge >= 0.3 is 0 Å². The van der Waals surface area contributed by atoms with Crippen molar-refractivity contribution in [1.82, 2.24) is 10.6 Å². The van der Waals surface area contributed by atoms with E-state index in [0.717, 1.165) is 16.7 Å². The van der Waals surface area contributed by atoms with Gasteiger partial charge in [0.2, 0.25) is 5.91 Å². The SMILES string of the molecule is Cc1ccc(OCC(=O)NCCNC(=O)Cc2ccccc2)c(C)c1. The molecule has 0 atom stereocenters. The van der Waals surface area contributed by atoms with Crippen LogP contribution in [0.1, 0.15) is 16.7 Å². The Bertz CT molecular complexity index is 714. The Hall–Kier alpha value is -2.82. The van der Waals surface area contributed by atoms with Gasteiger partial charge in [-0.3, -0.25) is 9.59 Å². The third-order valence-electron chi connectivity index (χ3n) is 3.67. The van der Waals surface area contributed by atoms with Gasteiger partial charge < -0.3 is 15.4 Å². The molecule has 0 aliphatic heterocycles. The lowest BCUT2D eigenvalue weighted by Gasteiger charge is -2.10. The van der Waals surface area contributed by atoms with Crippen molar-refractivity contribution >= 4 is 11.8 Å². The molecule has 0 saturated carbocycles. The average Bonchev–Trinajstić information content (AvgIpc) is 2.59. The summed E-state index contributed by atoms with van der Waals surface area (Å²) in [5, 5.41) is 5.51. The number of ether oxygens (including phenoxy) is 1. The number of amides is 2. The lowest BCUT2D eigenvalue weighted by atomic mass is 10.1. The van der Waals surface area contributed by atoms with Crippen molar-refractivity contribution in [3.63, 3.8) is 0 Å². The minimum absolute atomic E-state index is 0.0398. The molecule has 0 bridgehead atoms. The number of nitrogens with one attached hydrogen (secondary N) is 2. The van der Waals surface area contributed by atoms with Crippen molar-refractivity contribution in [2.24, 2.45) is 0 Å². The molecule has 5 nitrogen and oxygen atoms in total. The second-order valence-corrected chi connectivity index (χ2v) is 5.92. The Balaban J connectivity index is 1.61. The Morgan fingerprint density at radius 1 is 0.920 bits per heavy atom. The zero-order valence-corrected chi connectivity index (χ0v) is 14.7. The van der Waals surface area contributed by atoms with Crippen LogP contribution in [0.2, 0.25) is 0 Å². The van der Waals surface area contributed by atoms with Gasteiger partial charge in [0, 0.05) is 13.1 Å². The summed E-state index contributed by atoms with van der Waals surface area (Å²) in [6, 6.07) is 15.4. The molecule has 25 heavy (non-hydrogen) atoms. The maximum Gasteiger partial charge on any atom is 0.258 e. The highest BCUT2D eigenvalue weighted by Gasteiger charge is 2.06. The predicted molar refractivity (Wildman–Crippen MR) is 97.6 cm³/mol. The van der Waals surface area contributed by atoms with Crippen LogP contribution < -0.4 is 15.4 Å². The van der Waals surface area contributed by atoms with E-state index in [1.54, 1.807) is 0 Å². The minimum atomic E-state index is -0.211. The van der Waals surface area contributed by atoms with Gasteiger partial charge in [-0.25, -0.2) is 0 Å². The molecule has 2 aromatic carbocycles. The Kier molecular flexibility index (Phi) is 7.01. The number of carbonyl (C=O) groups is 2. The van der Waals surface area contributed by atoms with Gasteiger partial charge in [-0.05, 0) is 31.0 Å². The number of hydrogen-bond acceptors (Lipinski definition) is 3. The molecule has 5 heteroatoms. The molecule has 132 valence electrons. The summed E-state index contributed by atoms with van der Waals surface area (Å²) in [5.74, 6) is 0.432. The van der Waals surface area contributed by atoms with E-state index < -0.39 is 0 Å². The van der Waals surface area contributed by atoms with Crippen molar-refractivity contribution in [2.75, 3.05) is 19.7 Å². The first kappa shape index (κ1) is 18.5. The number of hydrogen-bond donors (Lipinski definition) is 2. The standard InChI is InChI=1S/C20H24N2O3/c1-15-8-9-18(16(2)12-15)25-14-20(24)22-11-10-21-19(23)13-17-6-4-3-5-7-17/h3-9,12H,10-11,13-14H2,1-2H3,(H,21,23)(H,22,24). The quantitative estimate of drug-likeness (QED) is 0.724.